The molecule has 2 aromatic carbocycles. The van der Waals surface area contributed by atoms with E-state index >= 15 is 0 Å². The fourth-order valence-electron chi connectivity index (χ4n) is 2.09. The zero-order valence-corrected chi connectivity index (χ0v) is 11.7. The summed E-state index contributed by atoms with van der Waals surface area (Å²) in [6.45, 7) is 1.66. The molecule has 6 heteroatoms. The first-order valence-corrected chi connectivity index (χ1v) is 6.71. The Kier molecular flexibility index (Phi) is 3.50. The Bertz CT molecular complexity index is 744. The molecule has 0 radical (unpaired) electrons. The SMILES string of the molecule is C[C@H]1Oc2ccc(NC(=O)c3ccc(F)cc3)cc2NC1=O. The van der Waals surface area contributed by atoms with Crippen molar-refractivity contribution in [3.63, 3.8) is 0 Å². The van der Waals surface area contributed by atoms with Gasteiger partial charge in [0.1, 0.15) is 11.6 Å². The topological polar surface area (TPSA) is 67.4 Å². The molecule has 0 saturated carbocycles. The lowest BCUT2D eigenvalue weighted by atomic mass is 10.2. The number of amides is 2. The number of benzene rings is 2. The maximum Gasteiger partial charge on any atom is 0.265 e. The lowest BCUT2D eigenvalue weighted by Gasteiger charge is -2.23. The second-order valence-electron chi connectivity index (χ2n) is 4.92. The molecule has 0 aromatic heterocycles. The Balaban J connectivity index is 1.79. The number of carbonyl (C=O) groups excluding carboxylic acids is 2. The van der Waals surface area contributed by atoms with Gasteiger partial charge in [0.25, 0.3) is 11.8 Å². The second-order valence-corrected chi connectivity index (χ2v) is 4.92. The van der Waals surface area contributed by atoms with Crippen LogP contribution >= 0.6 is 0 Å². The Hall–Kier alpha value is -2.89. The van der Waals surface area contributed by atoms with Crippen molar-refractivity contribution in [3.05, 3.63) is 53.8 Å². The molecule has 2 N–H and O–H groups in total. The van der Waals surface area contributed by atoms with Crippen molar-refractivity contribution in [1.29, 1.82) is 0 Å². The molecule has 0 spiro atoms. The van der Waals surface area contributed by atoms with E-state index in [-0.39, 0.29) is 11.8 Å². The summed E-state index contributed by atoms with van der Waals surface area (Å²) in [7, 11) is 0. The van der Waals surface area contributed by atoms with Crippen LogP contribution in [0.2, 0.25) is 0 Å². The van der Waals surface area contributed by atoms with E-state index in [1.54, 1.807) is 25.1 Å². The molecule has 2 aromatic rings. The van der Waals surface area contributed by atoms with Gasteiger partial charge in [0.2, 0.25) is 0 Å². The number of fused-ring (bicyclic) bond motifs is 1. The first-order chi connectivity index (χ1) is 10.5. The summed E-state index contributed by atoms with van der Waals surface area (Å²) in [6.07, 6.45) is -0.549. The molecule has 1 atom stereocenters. The van der Waals surface area contributed by atoms with Gasteiger partial charge in [-0.2, -0.15) is 0 Å². The largest absolute Gasteiger partial charge is 0.479 e. The van der Waals surface area contributed by atoms with Crippen LogP contribution in [-0.4, -0.2) is 17.9 Å². The highest BCUT2D eigenvalue weighted by Crippen LogP contribution is 2.32. The van der Waals surface area contributed by atoms with Crippen molar-refractivity contribution in [2.75, 3.05) is 10.6 Å². The third kappa shape index (κ3) is 2.76. The predicted octanol–water partition coefficient (Wildman–Crippen LogP) is 2.80. The van der Waals surface area contributed by atoms with Crippen molar-refractivity contribution in [3.8, 4) is 5.75 Å². The summed E-state index contributed by atoms with van der Waals surface area (Å²) in [6, 6.07) is 10.2. The highest BCUT2D eigenvalue weighted by molar-refractivity contribution is 6.05. The minimum Gasteiger partial charge on any atom is -0.479 e. The summed E-state index contributed by atoms with van der Waals surface area (Å²) >= 11 is 0. The van der Waals surface area contributed by atoms with Gasteiger partial charge in [-0.25, -0.2) is 4.39 Å². The minimum atomic E-state index is -0.549. The molecule has 0 aliphatic carbocycles. The standard InChI is InChI=1S/C16H13FN2O3/c1-9-15(20)19-13-8-12(6-7-14(13)22-9)18-16(21)10-2-4-11(17)5-3-10/h2-9H,1H3,(H,18,21)(H,19,20)/t9-/m1/s1. The van der Waals surface area contributed by atoms with E-state index in [0.29, 0.717) is 22.7 Å². The summed E-state index contributed by atoms with van der Waals surface area (Å²) in [5.74, 6) is -0.461. The van der Waals surface area contributed by atoms with Gasteiger partial charge in [-0.1, -0.05) is 0 Å². The monoisotopic (exact) mass is 300 g/mol. The number of carbonyl (C=O) groups is 2. The van der Waals surface area contributed by atoms with Crippen LogP contribution in [0.3, 0.4) is 0 Å². The summed E-state index contributed by atoms with van der Waals surface area (Å²) in [4.78, 5) is 23.6. The van der Waals surface area contributed by atoms with E-state index in [1.807, 2.05) is 0 Å². The average Bonchev–Trinajstić information content (AvgIpc) is 2.49. The van der Waals surface area contributed by atoms with Crippen molar-refractivity contribution < 1.29 is 18.7 Å². The second kappa shape index (κ2) is 5.48. The van der Waals surface area contributed by atoms with Crippen LogP contribution in [-0.2, 0) is 4.79 Å². The molecule has 0 unspecified atom stereocenters. The molecule has 1 aliphatic heterocycles. The summed E-state index contributed by atoms with van der Waals surface area (Å²) in [5, 5.41) is 5.39. The van der Waals surface area contributed by atoms with Crippen LogP contribution in [0.15, 0.2) is 42.5 Å². The highest BCUT2D eigenvalue weighted by Gasteiger charge is 2.23. The van der Waals surface area contributed by atoms with E-state index in [1.165, 1.54) is 24.3 Å². The van der Waals surface area contributed by atoms with Crippen LogP contribution in [0.1, 0.15) is 17.3 Å². The van der Waals surface area contributed by atoms with Crippen LogP contribution in [0, 0.1) is 5.82 Å². The van der Waals surface area contributed by atoms with Gasteiger partial charge in [0.05, 0.1) is 5.69 Å². The van der Waals surface area contributed by atoms with Crippen molar-refractivity contribution in [1.82, 2.24) is 0 Å². The number of ether oxygens (including phenoxy) is 1. The number of anilines is 2. The lowest BCUT2D eigenvalue weighted by molar-refractivity contribution is -0.122. The molecule has 112 valence electrons. The fourth-order valence-corrected chi connectivity index (χ4v) is 2.09. The first-order valence-electron chi connectivity index (χ1n) is 6.71. The smallest absolute Gasteiger partial charge is 0.265 e. The number of nitrogens with one attached hydrogen (secondary N) is 2. The van der Waals surface area contributed by atoms with Crippen LogP contribution < -0.4 is 15.4 Å². The van der Waals surface area contributed by atoms with E-state index in [2.05, 4.69) is 10.6 Å². The van der Waals surface area contributed by atoms with Gasteiger partial charge in [-0.15, -0.1) is 0 Å². The minimum absolute atomic E-state index is 0.241. The Morgan fingerprint density at radius 3 is 2.68 bits per heavy atom. The summed E-state index contributed by atoms with van der Waals surface area (Å²) < 4.78 is 18.3. The molecule has 0 saturated heterocycles. The Labute approximate surface area is 126 Å². The first kappa shape index (κ1) is 14.1. The molecular formula is C16H13FN2O3. The molecule has 2 amide bonds. The number of hydrogen-bond acceptors (Lipinski definition) is 3. The molecule has 0 bridgehead atoms. The Morgan fingerprint density at radius 1 is 1.23 bits per heavy atom. The molecule has 1 heterocycles. The van der Waals surface area contributed by atoms with Gasteiger partial charge in [-0.3, -0.25) is 9.59 Å². The van der Waals surface area contributed by atoms with Gasteiger partial charge >= 0.3 is 0 Å². The van der Waals surface area contributed by atoms with E-state index in [4.69, 9.17) is 4.74 Å². The van der Waals surface area contributed by atoms with Gasteiger partial charge in [0, 0.05) is 11.3 Å². The van der Waals surface area contributed by atoms with Gasteiger partial charge < -0.3 is 15.4 Å². The van der Waals surface area contributed by atoms with E-state index in [9.17, 15) is 14.0 Å². The third-order valence-corrected chi connectivity index (χ3v) is 3.27. The number of hydrogen-bond donors (Lipinski definition) is 2. The van der Waals surface area contributed by atoms with Crippen LogP contribution in [0.5, 0.6) is 5.75 Å². The van der Waals surface area contributed by atoms with E-state index in [0.717, 1.165) is 0 Å². The highest BCUT2D eigenvalue weighted by atomic mass is 19.1. The fraction of sp³-hybridized carbons (Fsp3) is 0.125. The number of rotatable bonds is 2. The van der Waals surface area contributed by atoms with Gasteiger partial charge in [0.15, 0.2) is 6.10 Å². The van der Waals surface area contributed by atoms with Crippen molar-refractivity contribution in [2.24, 2.45) is 0 Å². The normalized spacial score (nSPS) is 16.3. The van der Waals surface area contributed by atoms with Crippen molar-refractivity contribution in [2.45, 2.75) is 13.0 Å². The molecule has 22 heavy (non-hydrogen) atoms. The van der Waals surface area contributed by atoms with Crippen LogP contribution in [0.4, 0.5) is 15.8 Å². The molecular weight excluding hydrogens is 287 g/mol. The lowest BCUT2D eigenvalue weighted by Crippen LogP contribution is -2.34. The quantitative estimate of drug-likeness (QED) is 0.896. The average molecular weight is 300 g/mol. The zero-order chi connectivity index (χ0) is 15.7. The molecule has 5 nitrogen and oxygen atoms in total. The maximum atomic E-state index is 12.8. The summed E-state index contributed by atoms with van der Waals surface area (Å²) in [5.41, 5.74) is 1.35. The molecule has 3 rings (SSSR count). The Morgan fingerprint density at radius 2 is 1.95 bits per heavy atom. The van der Waals surface area contributed by atoms with E-state index < -0.39 is 11.9 Å². The van der Waals surface area contributed by atoms with Crippen molar-refractivity contribution >= 4 is 23.2 Å². The molecule has 1 aliphatic rings. The predicted molar refractivity (Wildman–Crippen MR) is 79.5 cm³/mol. The third-order valence-electron chi connectivity index (χ3n) is 3.27. The maximum absolute atomic E-state index is 12.8. The van der Waals surface area contributed by atoms with Crippen LogP contribution in [0.25, 0.3) is 0 Å². The molecule has 0 fully saturated rings. The number of halogens is 1. The van der Waals surface area contributed by atoms with Gasteiger partial charge in [-0.05, 0) is 49.4 Å². The zero-order valence-electron chi connectivity index (χ0n) is 11.7.